The third kappa shape index (κ3) is 3.80. The van der Waals surface area contributed by atoms with Gasteiger partial charge < -0.3 is 10.1 Å². The lowest BCUT2D eigenvalue weighted by atomic mass is 10.2. The van der Waals surface area contributed by atoms with Crippen LogP contribution in [0.5, 0.6) is 0 Å². The van der Waals surface area contributed by atoms with Crippen LogP contribution in [-0.4, -0.2) is 51.1 Å². The Kier molecular flexibility index (Phi) is 4.12. The van der Waals surface area contributed by atoms with Gasteiger partial charge in [-0.05, 0) is 24.8 Å². The first-order chi connectivity index (χ1) is 11.4. The maximum absolute atomic E-state index is 5.90. The van der Waals surface area contributed by atoms with E-state index >= 15 is 0 Å². The quantitative estimate of drug-likeness (QED) is 0.902. The van der Waals surface area contributed by atoms with Gasteiger partial charge in [-0.15, -0.1) is 0 Å². The molecule has 2 fully saturated rings. The second kappa shape index (κ2) is 6.55. The zero-order chi connectivity index (χ0) is 15.5. The molecule has 0 aromatic carbocycles. The second-order valence-corrected chi connectivity index (χ2v) is 6.09. The molecule has 1 atom stereocenters. The Labute approximate surface area is 135 Å². The predicted molar refractivity (Wildman–Crippen MR) is 85.2 cm³/mol. The van der Waals surface area contributed by atoms with Crippen LogP contribution in [0, 0.1) is 5.92 Å². The minimum Gasteiger partial charge on any atom is -0.369 e. The van der Waals surface area contributed by atoms with Crippen LogP contribution in [0.2, 0.25) is 0 Å². The molecular weight excluding hydrogens is 292 g/mol. The molecule has 0 unspecified atom stereocenters. The summed E-state index contributed by atoms with van der Waals surface area (Å²) < 4.78 is 5.90. The number of hydrogen-bond acceptors (Lipinski definition) is 7. The Balaban J connectivity index is 1.44. The molecule has 1 aliphatic heterocycles. The molecule has 1 N–H and O–H groups in total. The first-order valence-electron chi connectivity index (χ1n) is 8.07. The first-order valence-corrected chi connectivity index (χ1v) is 8.07. The average Bonchev–Trinajstić information content (AvgIpc) is 3.40. The molecule has 2 aromatic rings. The molecule has 7 nitrogen and oxygen atoms in total. The molecule has 120 valence electrons. The monoisotopic (exact) mass is 312 g/mol. The minimum atomic E-state index is -0.0200. The van der Waals surface area contributed by atoms with Gasteiger partial charge in [-0.1, -0.05) is 0 Å². The van der Waals surface area contributed by atoms with E-state index in [0.29, 0.717) is 11.8 Å². The summed E-state index contributed by atoms with van der Waals surface area (Å²) in [6.45, 7) is 3.83. The van der Waals surface area contributed by atoms with Gasteiger partial charge in [-0.3, -0.25) is 9.88 Å². The molecule has 1 saturated carbocycles. The molecule has 1 aliphatic carbocycles. The van der Waals surface area contributed by atoms with Crippen molar-refractivity contribution in [2.24, 2.45) is 5.92 Å². The van der Waals surface area contributed by atoms with Crippen LogP contribution in [-0.2, 0) is 4.74 Å². The van der Waals surface area contributed by atoms with Crippen molar-refractivity contribution in [3.05, 3.63) is 36.5 Å². The summed E-state index contributed by atoms with van der Waals surface area (Å²) in [6, 6.07) is 1.78. The summed E-state index contributed by atoms with van der Waals surface area (Å²) in [5.41, 5.74) is 0.853. The van der Waals surface area contributed by atoms with E-state index in [1.54, 1.807) is 30.9 Å². The molecule has 23 heavy (non-hydrogen) atoms. The van der Waals surface area contributed by atoms with Gasteiger partial charge in [0, 0.05) is 32.0 Å². The van der Waals surface area contributed by atoms with Gasteiger partial charge in [-0.2, -0.15) is 0 Å². The van der Waals surface area contributed by atoms with Crippen molar-refractivity contribution in [3.63, 3.8) is 0 Å². The number of anilines is 2. The fourth-order valence-corrected chi connectivity index (χ4v) is 2.79. The van der Waals surface area contributed by atoms with Crippen molar-refractivity contribution in [2.75, 3.05) is 31.6 Å². The summed E-state index contributed by atoms with van der Waals surface area (Å²) in [6.07, 6.45) is 9.55. The molecule has 0 spiro atoms. The van der Waals surface area contributed by atoms with E-state index in [2.05, 4.69) is 30.2 Å². The third-order valence-corrected chi connectivity index (χ3v) is 4.15. The van der Waals surface area contributed by atoms with Crippen LogP contribution < -0.4 is 5.32 Å². The van der Waals surface area contributed by atoms with E-state index in [-0.39, 0.29) is 6.10 Å². The van der Waals surface area contributed by atoms with Crippen molar-refractivity contribution < 1.29 is 4.74 Å². The highest BCUT2D eigenvalue weighted by atomic mass is 16.5. The van der Waals surface area contributed by atoms with E-state index in [1.807, 2.05) is 0 Å². The Morgan fingerprint density at radius 3 is 2.91 bits per heavy atom. The zero-order valence-corrected chi connectivity index (χ0v) is 12.9. The van der Waals surface area contributed by atoms with Crippen LogP contribution in [0.4, 0.5) is 11.8 Å². The minimum absolute atomic E-state index is 0.0200. The van der Waals surface area contributed by atoms with Crippen LogP contribution in [0.3, 0.4) is 0 Å². The molecule has 4 rings (SSSR count). The third-order valence-electron chi connectivity index (χ3n) is 4.15. The summed E-state index contributed by atoms with van der Waals surface area (Å²) in [7, 11) is 0. The molecule has 1 saturated heterocycles. The summed E-state index contributed by atoms with van der Waals surface area (Å²) >= 11 is 0. The number of rotatable bonds is 5. The normalized spacial score (nSPS) is 22.0. The van der Waals surface area contributed by atoms with Crippen LogP contribution >= 0.6 is 0 Å². The molecule has 0 radical (unpaired) electrons. The Bertz CT molecular complexity index is 648. The van der Waals surface area contributed by atoms with Crippen molar-refractivity contribution in [2.45, 2.75) is 18.9 Å². The molecule has 7 heteroatoms. The van der Waals surface area contributed by atoms with Crippen molar-refractivity contribution in [1.29, 1.82) is 0 Å². The van der Waals surface area contributed by atoms with Crippen LogP contribution in [0.25, 0.3) is 0 Å². The van der Waals surface area contributed by atoms with E-state index in [9.17, 15) is 0 Å². The topological polar surface area (TPSA) is 76.1 Å². The molecular formula is C16H20N6O. The van der Waals surface area contributed by atoms with Crippen LogP contribution in [0.15, 0.2) is 30.9 Å². The predicted octanol–water partition coefficient (Wildman–Crippen LogP) is 1.79. The highest BCUT2D eigenvalue weighted by molar-refractivity contribution is 5.45. The Morgan fingerprint density at radius 2 is 2.09 bits per heavy atom. The van der Waals surface area contributed by atoms with Gasteiger partial charge in [0.05, 0.1) is 24.7 Å². The number of ether oxygens (including phenoxy) is 1. The molecule has 0 amide bonds. The summed E-state index contributed by atoms with van der Waals surface area (Å²) in [5, 5.41) is 3.07. The maximum Gasteiger partial charge on any atom is 0.228 e. The van der Waals surface area contributed by atoms with Gasteiger partial charge in [-0.25, -0.2) is 15.0 Å². The van der Waals surface area contributed by atoms with Crippen molar-refractivity contribution >= 4 is 11.8 Å². The van der Waals surface area contributed by atoms with E-state index in [0.717, 1.165) is 31.3 Å². The van der Waals surface area contributed by atoms with Gasteiger partial charge >= 0.3 is 0 Å². The van der Waals surface area contributed by atoms with E-state index in [4.69, 9.17) is 4.74 Å². The standard InChI is InChI=1S/C16H20N6O/c1-4-18-16(19-5-1)21-15-9-17-8-13(20-15)14-11-22(6-7-23-14)10-12-2-3-12/h1,4-5,8-9,12,14H,2-3,6-7,10-11H2,(H,18,19,20,21)/t14-/m0/s1. The SMILES string of the molecule is c1cnc(Nc2cncc([C@@H]3CN(CC4CC4)CCO3)n2)nc1. The lowest BCUT2D eigenvalue weighted by Gasteiger charge is -2.32. The Morgan fingerprint density at radius 1 is 1.22 bits per heavy atom. The zero-order valence-electron chi connectivity index (χ0n) is 12.9. The highest BCUT2D eigenvalue weighted by Crippen LogP contribution is 2.31. The van der Waals surface area contributed by atoms with Gasteiger partial charge in [0.25, 0.3) is 0 Å². The molecule has 2 aromatic heterocycles. The lowest BCUT2D eigenvalue weighted by molar-refractivity contribution is -0.0335. The number of nitrogens with zero attached hydrogens (tertiary/aromatic N) is 5. The average molecular weight is 312 g/mol. The van der Waals surface area contributed by atoms with Crippen molar-refractivity contribution in [3.8, 4) is 0 Å². The molecule has 2 aliphatic rings. The summed E-state index contributed by atoms with van der Waals surface area (Å²) in [4.78, 5) is 19.6. The number of hydrogen-bond donors (Lipinski definition) is 1. The van der Waals surface area contributed by atoms with Crippen molar-refractivity contribution in [1.82, 2.24) is 24.8 Å². The molecule has 0 bridgehead atoms. The smallest absolute Gasteiger partial charge is 0.228 e. The molecule has 3 heterocycles. The lowest BCUT2D eigenvalue weighted by Crippen LogP contribution is -2.39. The van der Waals surface area contributed by atoms with Crippen LogP contribution in [0.1, 0.15) is 24.6 Å². The van der Waals surface area contributed by atoms with E-state index < -0.39 is 0 Å². The highest BCUT2D eigenvalue weighted by Gasteiger charge is 2.29. The van der Waals surface area contributed by atoms with Gasteiger partial charge in [0.1, 0.15) is 6.10 Å². The number of aromatic nitrogens is 4. The second-order valence-electron chi connectivity index (χ2n) is 6.09. The van der Waals surface area contributed by atoms with Gasteiger partial charge in [0.15, 0.2) is 5.82 Å². The largest absolute Gasteiger partial charge is 0.369 e. The fraction of sp³-hybridized carbons (Fsp3) is 0.500. The number of nitrogens with one attached hydrogen (secondary N) is 1. The fourth-order valence-electron chi connectivity index (χ4n) is 2.79. The summed E-state index contributed by atoms with van der Waals surface area (Å²) in [5.74, 6) is 2.04. The number of morpholine rings is 1. The van der Waals surface area contributed by atoms with E-state index in [1.165, 1.54) is 19.4 Å². The Hall–Kier alpha value is -2.12. The maximum atomic E-state index is 5.90. The first kappa shape index (κ1) is 14.5. The van der Waals surface area contributed by atoms with Gasteiger partial charge in [0.2, 0.25) is 5.95 Å².